The number of nitrogens with one attached hydrogen (secondary N) is 1. The number of aryl methyl sites for hydroxylation is 1. The van der Waals surface area contributed by atoms with E-state index >= 15 is 0 Å². The Morgan fingerprint density at radius 2 is 1.84 bits per heavy atom. The number of Topliss-reactive ketones (excluding diaryl/α,β-unsaturated/α-hetero) is 1. The van der Waals surface area contributed by atoms with Crippen molar-refractivity contribution in [1.29, 1.82) is 0 Å². The lowest BCUT2D eigenvalue weighted by Crippen LogP contribution is -2.65. The van der Waals surface area contributed by atoms with Gasteiger partial charge in [-0.15, -0.1) is 0 Å². The van der Waals surface area contributed by atoms with Gasteiger partial charge in [0.1, 0.15) is 12.1 Å². The third kappa shape index (κ3) is 3.83. The number of nitrogens with two attached hydrogens (primary N) is 1. The molecule has 9 heteroatoms. The fourth-order valence-electron chi connectivity index (χ4n) is 4.87. The summed E-state index contributed by atoms with van der Waals surface area (Å²) in [6, 6.07) is 11.0. The molecule has 170 valence electrons. The molecule has 1 aromatic heterocycles. The van der Waals surface area contributed by atoms with Crippen LogP contribution in [-0.2, 0) is 22.1 Å². The minimum Gasteiger partial charge on any atom is -0.481 e. The molecule has 0 radical (unpaired) electrons. The number of aromatic nitrogens is 1. The molecule has 0 saturated carbocycles. The van der Waals surface area contributed by atoms with Crippen LogP contribution in [-0.4, -0.2) is 75.5 Å². The maximum Gasteiger partial charge on any atom is 0.314 e. The van der Waals surface area contributed by atoms with Crippen molar-refractivity contribution in [3.63, 3.8) is 0 Å². The normalized spacial score (nSPS) is 26.6. The Kier molecular flexibility index (Phi) is 6.14. The Bertz CT molecular complexity index is 1010. The molecule has 0 bridgehead atoms. The highest BCUT2D eigenvalue weighted by Crippen LogP contribution is 2.38. The number of carboxylic acid groups (broad SMARTS) is 1. The van der Waals surface area contributed by atoms with E-state index in [4.69, 9.17) is 5.84 Å². The summed E-state index contributed by atoms with van der Waals surface area (Å²) in [5.74, 6) is 4.80. The van der Waals surface area contributed by atoms with Gasteiger partial charge in [-0.1, -0.05) is 30.3 Å². The van der Waals surface area contributed by atoms with E-state index in [2.05, 4.69) is 5.32 Å². The molecular formula is C23H29N5O4. The van der Waals surface area contributed by atoms with Gasteiger partial charge < -0.3 is 19.9 Å². The van der Waals surface area contributed by atoms with Crippen molar-refractivity contribution in [1.82, 2.24) is 19.8 Å². The number of amides is 1. The number of hydrogen-bond acceptors (Lipinski definition) is 6. The molecule has 2 aliphatic heterocycles. The smallest absolute Gasteiger partial charge is 0.314 e. The molecule has 1 amide bonds. The minimum atomic E-state index is -1.21. The molecule has 0 aliphatic carbocycles. The number of ketones is 1. The van der Waals surface area contributed by atoms with E-state index in [1.807, 2.05) is 6.07 Å². The molecule has 3 atom stereocenters. The van der Waals surface area contributed by atoms with Gasteiger partial charge >= 0.3 is 5.97 Å². The van der Waals surface area contributed by atoms with Gasteiger partial charge in [0.05, 0.1) is 11.1 Å². The molecule has 0 spiro atoms. The molecule has 2 fully saturated rings. The van der Waals surface area contributed by atoms with Gasteiger partial charge in [-0.05, 0) is 30.5 Å². The maximum atomic E-state index is 13.7. The second kappa shape index (κ2) is 8.85. The summed E-state index contributed by atoms with van der Waals surface area (Å²) >= 11 is 0. The number of piperidine rings is 1. The summed E-state index contributed by atoms with van der Waals surface area (Å²) in [6.45, 7) is 1.52. The van der Waals surface area contributed by atoms with Gasteiger partial charge in [0, 0.05) is 39.4 Å². The average molecular weight is 440 g/mol. The second-order valence-corrected chi connectivity index (χ2v) is 8.58. The molecule has 2 aromatic rings. The van der Waals surface area contributed by atoms with Gasteiger partial charge in [0.2, 0.25) is 11.7 Å². The Balaban J connectivity index is 1.63. The molecule has 4 N–H and O–H groups in total. The van der Waals surface area contributed by atoms with Crippen LogP contribution in [0.2, 0.25) is 0 Å². The number of carbonyl (C=O) groups excluding carboxylic acids is 2. The summed E-state index contributed by atoms with van der Waals surface area (Å²) in [5.41, 5.74) is -0.0209. The Hall–Kier alpha value is -3.01. The van der Waals surface area contributed by atoms with Crippen LogP contribution in [0.15, 0.2) is 48.7 Å². The van der Waals surface area contributed by atoms with Crippen molar-refractivity contribution in [2.75, 3.05) is 26.2 Å². The first kappa shape index (κ1) is 22.2. The van der Waals surface area contributed by atoms with Crippen molar-refractivity contribution in [3.8, 4) is 0 Å². The number of carbonyl (C=O) groups is 3. The SMILES string of the molecule is Cn1cccc1C(=O)C1CNCCN1C(=O)C1CC(C(=O)O)(c2ccccc2)CCN1N. The van der Waals surface area contributed by atoms with Gasteiger partial charge in [-0.2, -0.15) is 0 Å². The molecular weight excluding hydrogens is 410 g/mol. The number of nitrogens with zero attached hydrogens (tertiary/aromatic N) is 3. The first-order valence-electron chi connectivity index (χ1n) is 10.8. The third-order valence-corrected chi connectivity index (χ3v) is 6.79. The lowest BCUT2D eigenvalue weighted by molar-refractivity contribution is -0.151. The molecule has 1 aromatic carbocycles. The predicted molar refractivity (Wildman–Crippen MR) is 118 cm³/mol. The summed E-state index contributed by atoms with van der Waals surface area (Å²) < 4.78 is 1.74. The van der Waals surface area contributed by atoms with Crippen LogP contribution >= 0.6 is 0 Å². The van der Waals surface area contributed by atoms with Gasteiger partial charge in [-0.25, -0.2) is 5.01 Å². The Morgan fingerprint density at radius 3 is 2.50 bits per heavy atom. The second-order valence-electron chi connectivity index (χ2n) is 8.58. The van der Waals surface area contributed by atoms with E-state index < -0.39 is 23.5 Å². The number of carboxylic acids is 1. The fourth-order valence-corrected chi connectivity index (χ4v) is 4.87. The molecule has 2 saturated heterocycles. The van der Waals surface area contributed by atoms with Crippen molar-refractivity contribution in [3.05, 3.63) is 59.9 Å². The van der Waals surface area contributed by atoms with E-state index in [0.717, 1.165) is 0 Å². The minimum absolute atomic E-state index is 0.0523. The van der Waals surface area contributed by atoms with Crippen molar-refractivity contribution >= 4 is 17.7 Å². The van der Waals surface area contributed by atoms with Gasteiger partial charge in [0.25, 0.3) is 0 Å². The van der Waals surface area contributed by atoms with Crippen molar-refractivity contribution in [2.45, 2.75) is 30.3 Å². The maximum absolute atomic E-state index is 13.7. The lowest BCUT2D eigenvalue weighted by atomic mass is 9.70. The van der Waals surface area contributed by atoms with E-state index in [1.54, 1.807) is 59.1 Å². The number of benzene rings is 1. The zero-order valence-corrected chi connectivity index (χ0v) is 18.1. The predicted octanol–water partition coefficient (Wildman–Crippen LogP) is 0.369. The van der Waals surface area contributed by atoms with Crippen LogP contribution in [0, 0.1) is 0 Å². The van der Waals surface area contributed by atoms with E-state index in [-0.39, 0.29) is 24.7 Å². The molecule has 3 heterocycles. The molecule has 4 rings (SSSR count). The fraction of sp³-hybridized carbons (Fsp3) is 0.435. The van der Waals surface area contributed by atoms with Gasteiger partial charge in [-0.3, -0.25) is 20.2 Å². The third-order valence-electron chi connectivity index (χ3n) is 6.79. The highest BCUT2D eigenvalue weighted by atomic mass is 16.4. The first-order valence-corrected chi connectivity index (χ1v) is 10.8. The number of hydrogen-bond donors (Lipinski definition) is 3. The van der Waals surface area contributed by atoms with Crippen LogP contribution in [0.25, 0.3) is 0 Å². The molecule has 3 unspecified atom stereocenters. The van der Waals surface area contributed by atoms with Gasteiger partial charge in [0.15, 0.2) is 0 Å². The number of aliphatic carboxylic acids is 1. The highest BCUT2D eigenvalue weighted by molar-refractivity contribution is 6.01. The van der Waals surface area contributed by atoms with Crippen LogP contribution in [0.1, 0.15) is 28.9 Å². The Morgan fingerprint density at radius 1 is 1.09 bits per heavy atom. The summed E-state index contributed by atoms with van der Waals surface area (Å²) in [6.07, 6.45) is 2.15. The van der Waals surface area contributed by atoms with Crippen LogP contribution in [0.5, 0.6) is 0 Å². The molecule has 32 heavy (non-hydrogen) atoms. The summed E-state index contributed by atoms with van der Waals surface area (Å²) in [4.78, 5) is 40.9. The standard InChI is InChI=1S/C23H29N5O4/c1-26-11-5-8-17(26)20(29)19-15-25-10-13-27(19)21(30)18-14-23(22(31)32,9-12-28(18)24)16-6-3-2-4-7-16/h2-8,11,18-19,25H,9-10,12-15,24H2,1H3,(H,31,32). The highest BCUT2D eigenvalue weighted by Gasteiger charge is 2.50. The van der Waals surface area contributed by atoms with E-state index in [1.165, 1.54) is 5.01 Å². The zero-order chi connectivity index (χ0) is 22.9. The number of rotatable bonds is 5. The van der Waals surface area contributed by atoms with Crippen LogP contribution in [0.3, 0.4) is 0 Å². The zero-order valence-electron chi connectivity index (χ0n) is 18.1. The molecule has 9 nitrogen and oxygen atoms in total. The van der Waals surface area contributed by atoms with E-state index in [9.17, 15) is 19.5 Å². The van der Waals surface area contributed by atoms with Crippen LogP contribution < -0.4 is 11.2 Å². The summed E-state index contributed by atoms with van der Waals surface area (Å²) in [5, 5.41) is 14.8. The first-order chi connectivity index (χ1) is 15.3. The largest absolute Gasteiger partial charge is 0.481 e. The topological polar surface area (TPSA) is 121 Å². The molecule has 2 aliphatic rings. The van der Waals surface area contributed by atoms with Crippen molar-refractivity contribution < 1.29 is 19.5 Å². The Labute approximate surface area is 186 Å². The van der Waals surface area contributed by atoms with Crippen LogP contribution in [0.4, 0.5) is 0 Å². The van der Waals surface area contributed by atoms with Crippen molar-refractivity contribution in [2.24, 2.45) is 12.9 Å². The number of piperazine rings is 1. The quantitative estimate of drug-likeness (QED) is 0.455. The monoisotopic (exact) mass is 439 g/mol. The van der Waals surface area contributed by atoms with E-state index in [0.29, 0.717) is 37.3 Å². The number of hydrazine groups is 1. The lowest BCUT2D eigenvalue weighted by Gasteiger charge is -2.45. The average Bonchev–Trinajstić information content (AvgIpc) is 3.25. The summed E-state index contributed by atoms with van der Waals surface area (Å²) in [7, 11) is 1.79.